The summed E-state index contributed by atoms with van der Waals surface area (Å²) < 4.78 is 12.1. The van der Waals surface area contributed by atoms with E-state index in [0.29, 0.717) is 11.4 Å². The summed E-state index contributed by atoms with van der Waals surface area (Å²) in [6.45, 7) is 4.05. The monoisotopic (exact) mass is 321 g/mol. The molecule has 0 aliphatic carbocycles. The van der Waals surface area contributed by atoms with E-state index < -0.39 is 0 Å². The van der Waals surface area contributed by atoms with Crippen LogP contribution >= 0.6 is 15.9 Å². The van der Waals surface area contributed by atoms with Crippen molar-refractivity contribution in [3.63, 3.8) is 0 Å². The fourth-order valence-corrected chi connectivity index (χ4v) is 2.05. The lowest BCUT2D eigenvalue weighted by atomic mass is 10.1. The van der Waals surface area contributed by atoms with Crippen molar-refractivity contribution in [2.75, 3.05) is 12.8 Å². The zero-order chi connectivity index (χ0) is 14.0. The molecule has 0 atom stereocenters. The van der Waals surface area contributed by atoms with Crippen LogP contribution in [0.4, 0.5) is 5.69 Å². The second kappa shape index (κ2) is 5.53. The molecule has 0 spiro atoms. The quantitative estimate of drug-likeness (QED) is 0.849. The van der Waals surface area contributed by atoms with E-state index in [2.05, 4.69) is 15.9 Å². The van der Waals surface area contributed by atoms with Crippen molar-refractivity contribution < 1.29 is 9.47 Å². The van der Waals surface area contributed by atoms with Crippen molar-refractivity contribution >= 4 is 21.6 Å². The predicted molar refractivity (Wildman–Crippen MR) is 81.1 cm³/mol. The second-order valence-corrected chi connectivity index (χ2v) is 5.17. The number of nitrogen functional groups attached to an aromatic ring is 1. The van der Waals surface area contributed by atoms with Crippen LogP contribution in [0.25, 0.3) is 0 Å². The van der Waals surface area contributed by atoms with Crippen LogP contribution in [-0.4, -0.2) is 7.11 Å². The minimum Gasteiger partial charge on any atom is -0.497 e. The van der Waals surface area contributed by atoms with Gasteiger partial charge < -0.3 is 15.2 Å². The van der Waals surface area contributed by atoms with E-state index in [-0.39, 0.29) is 0 Å². The summed E-state index contributed by atoms with van der Waals surface area (Å²) in [6.07, 6.45) is 0. The summed E-state index contributed by atoms with van der Waals surface area (Å²) in [6, 6.07) is 9.29. The molecule has 4 heteroatoms. The lowest BCUT2D eigenvalue weighted by Gasteiger charge is -2.12. The first-order chi connectivity index (χ1) is 9.01. The average molecular weight is 322 g/mol. The second-order valence-electron chi connectivity index (χ2n) is 4.38. The van der Waals surface area contributed by atoms with Crippen molar-refractivity contribution in [1.29, 1.82) is 0 Å². The topological polar surface area (TPSA) is 44.5 Å². The van der Waals surface area contributed by atoms with Gasteiger partial charge in [0.15, 0.2) is 5.75 Å². The van der Waals surface area contributed by atoms with Gasteiger partial charge in [-0.25, -0.2) is 0 Å². The van der Waals surface area contributed by atoms with Gasteiger partial charge in [0.1, 0.15) is 11.5 Å². The van der Waals surface area contributed by atoms with Crippen molar-refractivity contribution in [3.8, 4) is 17.2 Å². The Labute approximate surface area is 121 Å². The van der Waals surface area contributed by atoms with Crippen molar-refractivity contribution in [3.05, 3.63) is 45.9 Å². The minimum absolute atomic E-state index is 0.582. The lowest BCUT2D eigenvalue weighted by molar-refractivity contribution is 0.409. The molecule has 2 aromatic rings. The van der Waals surface area contributed by atoms with Crippen LogP contribution in [0.5, 0.6) is 17.2 Å². The summed E-state index contributed by atoms with van der Waals surface area (Å²) in [5.41, 5.74) is 8.73. The fraction of sp³-hybridized carbons (Fsp3) is 0.200. The third kappa shape index (κ3) is 3.01. The largest absolute Gasteiger partial charge is 0.497 e. The van der Waals surface area contributed by atoms with Gasteiger partial charge in [-0.15, -0.1) is 0 Å². The Hall–Kier alpha value is -1.68. The van der Waals surface area contributed by atoms with Crippen molar-refractivity contribution in [2.24, 2.45) is 0 Å². The Balaban J connectivity index is 2.36. The third-order valence-electron chi connectivity index (χ3n) is 2.86. The van der Waals surface area contributed by atoms with Gasteiger partial charge in [0, 0.05) is 10.5 Å². The normalized spacial score (nSPS) is 10.3. The van der Waals surface area contributed by atoms with Crippen LogP contribution in [0.15, 0.2) is 34.8 Å². The average Bonchev–Trinajstić information content (AvgIpc) is 2.38. The standard InChI is InChI=1S/C15H16BrNO2/c1-9-6-12(7-10(2)15(9)16)19-14-8-11(18-3)4-5-13(14)17/h4-8H,17H2,1-3H3. The van der Waals surface area contributed by atoms with Gasteiger partial charge in [-0.2, -0.15) is 0 Å². The van der Waals surface area contributed by atoms with Crippen LogP contribution in [-0.2, 0) is 0 Å². The lowest BCUT2D eigenvalue weighted by Crippen LogP contribution is -1.94. The Morgan fingerprint density at radius 2 is 1.63 bits per heavy atom. The smallest absolute Gasteiger partial charge is 0.153 e. The number of ether oxygens (including phenoxy) is 2. The fourth-order valence-electron chi connectivity index (χ4n) is 1.82. The summed E-state index contributed by atoms with van der Waals surface area (Å²) >= 11 is 3.54. The molecule has 0 aliphatic rings. The molecule has 19 heavy (non-hydrogen) atoms. The van der Waals surface area contributed by atoms with Crippen molar-refractivity contribution in [2.45, 2.75) is 13.8 Å². The Morgan fingerprint density at radius 1 is 1.00 bits per heavy atom. The van der Waals surface area contributed by atoms with Gasteiger partial charge in [-0.3, -0.25) is 0 Å². The molecule has 100 valence electrons. The number of rotatable bonds is 3. The molecule has 0 aromatic heterocycles. The SMILES string of the molecule is COc1ccc(N)c(Oc2cc(C)c(Br)c(C)c2)c1. The third-order valence-corrected chi connectivity index (χ3v) is 4.11. The number of anilines is 1. The van der Waals surface area contributed by atoms with Crippen LogP contribution in [0.3, 0.4) is 0 Å². The van der Waals surface area contributed by atoms with Crippen LogP contribution < -0.4 is 15.2 Å². The molecule has 0 fully saturated rings. The zero-order valence-corrected chi connectivity index (χ0v) is 12.7. The van der Waals surface area contributed by atoms with E-state index in [0.717, 1.165) is 27.1 Å². The molecule has 0 saturated heterocycles. The van der Waals surface area contributed by atoms with E-state index in [9.17, 15) is 0 Å². The Bertz CT molecular complexity index is 588. The molecule has 0 heterocycles. The van der Waals surface area contributed by atoms with Crippen LogP contribution in [0.1, 0.15) is 11.1 Å². The minimum atomic E-state index is 0.582. The molecule has 3 nitrogen and oxygen atoms in total. The molecule has 0 aliphatic heterocycles. The molecular formula is C15H16BrNO2. The molecule has 0 unspecified atom stereocenters. The van der Waals surface area contributed by atoms with Crippen LogP contribution in [0.2, 0.25) is 0 Å². The maximum Gasteiger partial charge on any atom is 0.153 e. The van der Waals surface area contributed by atoms with E-state index in [1.165, 1.54) is 0 Å². The molecule has 0 saturated carbocycles. The first-order valence-corrected chi connectivity index (χ1v) is 6.68. The molecule has 0 amide bonds. The molecule has 2 aromatic carbocycles. The van der Waals surface area contributed by atoms with Crippen molar-refractivity contribution in [1.82, 2.24) is 0 Å². The highest BCUT2D eigenvalue weighted by molar-refractivity contribution is 9.10. The first kappa shape index (κ1) is 13.7. The van der Waals surface area contributed by atoms with Gasteiger partial charge in [0.2, 0.25) is 0 Å². The van der Waals surface area contributed by atoms with Gasteiger partial charge in [0.25, 0.3) is 0 Å². The number of aryl methyl sites for hydroxylation is 2. The molecule has 0 radical (unpaired) electrons. The maximum atomic E-state index is 5.91. The number of halogens is 1. The predicted octanol–water partition coefficient (Wildman–Crippen LogP) is 4.45. The van der Waals surface area contributed by atoms with Gasteiger partial charge >= 0.3 is 0 Å². The number of methoxy groups -OCH3 is 1. The Morgan fingerprint density at radius 3 is 2.21 bits per heavy atom. The van der Waals surface area contributed by atoms with E-state index in [4.69, 9.17) is 15.2 Å². The molecular weight excluding hydrogens is 306 g/mol. The van der Waals surface area contributed by atoms with Gasteiger partial charge in [-0.1, -0.05) is 15.9 Å². The number of benzene rings is 2. The summed E-state index contributed by atoms with van der Waals surface area (Å²) in [5.74, 6) is 2.08. The number of hydrogen-bond acceptors (Lipinski definition) is 3. The van der Waals surface area contributed by atoms with Gasteiger partial charge in [-0.05, 0) is 49.2 Å². The highest BCUT2D eigenvalue weighted by atomic mass is 79.9. The zero-order valence-electron chi connectivity index (χ0n) is 11.2. The molecule has 2 N–H and O–H groups in total. The van der Waals surface area contributed by atoms with E-state index in [1.54, 1.807) is 25.3 Å². The Kier molecular flexibility index (Phi) is 4.00. The highest BCUT2D eigenvalue weighted by Gasteiger charge is 2.07. The number of nitrogens with two attached hydrogens (primary N) is 1. The summed E-state index contributed by atoms with van der Waals surface area (Å²) in [7, 11) is 1.61. The summed E-state index contributed by atoms with van der Waals surface area (Å²) in [5, 5.41) is 0. The summed E-state index contributed by atoms with van der Waals surface area (Å²) in [4.78, 5) is 0. The first-order valence-electron chi connectivity index (χ1n) is 5.89. The molecule has 2 rings (SSSR count). The van der Waals surface area contributed by atoms with E-state index in [1.807, 2.05) is 26.0 Å². The number of hydrogen-bond donors (Lipinski definition) is 1. The highest BCUT2D eigenvalue weighted by Crippen LogP contribution is 2.33. The van der Waals surface area contributed by atoms with Gasteiger partial charge in [0.05, 0.1) is 12.8 Å². The molecule has 0 bridgehead atoms. The van der Waals surface area contributed by atoms with Crippen LogP contribution in [0, 0.1) is 13.8 Å². The van der Waals surface area contributed by atoms with E-state index >= 15 is 0 Å². The maximum absolute atomic E-state index is 5.91.